The van der Waals surface area contributed by atoms with Gasteiger partial charge in [-0.05, 0) is 30.9 Å². The van der Waals surface area contributed by atoms with Crippen LogP contribution in [0.2, 0.25) is 5.15 Å². The molecule has 0 aromatic carbocycles. The van der Waals surface area contributed by atoms with Crippen LogP contribution in [0, 0.1) is 0 Å². The highest BCUT2D eigenvalue weighted by Crippen LogP contribution is 2.34. The number of hydrogen-bond donors (Lipinski definition) is 0. The van der Waals surface area contributed by atoms with Crippen molar-refractivity contribution in [2.75, 3.05) is 0 Å². The molecule has 1 aliphatic rings. The molecule has 0 saturated carbocycles. The van der Waals surface area contributed by atoms with Crippen molar-refractivity contribution in [1.29, 1.82) is 0 Å². The van der Waals surface area contributed by atoms with E-state index in [9.17, 15) is 0 Å². The molecule has 0 saturated heterocycles. The van der Waals surface area contributed by atoms with Crippen LogP contribution in [0.4, 0.5) is 0 Å². The van der Waals surface area contributed by atoms with Crippen LogP contribution in [0.1, 0.15) is 36.9 Å². The minimum Gasteiger partial charge on any atom is -0.241 e. The maximum atomic E-state index is 5.83. The third-order valence-corrected chi connectivity index (χ3v) is 2.83. The molecule has 1 aromatic heterocycles. The molecule has 0 bridgehead atoms. The number of halogens is 1. The molecule has 1 aliphatic carbocycles. The summed E-state index contributed by atoms with van der Waals surface area (Å²) < 4.78 is 0. The normalized spacial score (nSPS) is 21.0. The van der Waals surface area contributed by atoms with Crippen LogP contribution in [0.25, 0.3) is 0 Å². The summed E-state index contributed by atoms with van der Waals surface area (Å²) in [6, 6.07) is 4.00. The van der Waals surface area contributed by atoms with Gasteiger partial charge in [-0.1, -0.05) is 24.6 Å². The molecular weight excluding hydrogens is 170 g/mol. The van der Waals surface area contributed by atoms with E-state index >= 15 is 0 Å². The summed E-state index contributed by atoms with van der Waals surface area (Å²) in [4.78, 5) is 4.37. The van der Waals surface area contributed by atoms with Crippen LogP contribution in [-0.2, 0) is 6.42 Å². The highest BCUT2D eigenvalue weighted by atomic mass is 35.5. The summed E-state index contributed by atoms with van der Waals surface area (Å²) in [7, 11) is 0. The van der Waals surface area contributed by atoms with E-state index in [4.69, 9.17) is 11.6 Å². The molecule has 0 aliphatic heterocycles. The van der Waals surface area contributed by atoms with E-state index in [0.29, 0.717) is 11.1 Å². The fourth-order valence-electron chi connectivity index (χ4n) is 1.91. The predicted octanol–water partition coefficient (Wildman–Crippen LogP) is 3.17. The van der Waals surface area contributed by atoms with E-state index in [-0.39, 0.29) is 0 Å². The number of fused-ring (bicyclic) bond motifs is 1. The van der Waals surface area contributed by atoms with Gasteiger partial charge in [0.1, 0.15) is 5.15 Å². The van der Waals surface area contributed by atoms with Crippen molar-refractivity contribution in [3.63, 3.8) is 0 Å². The number of nitrogens with zero attached hydrogens (tertiary/aromatic N) is 1. The molecule has 0 fully saturated rings. The van der Waals surface area contributed by atoms with Crippen molar-refractivity contribution >= 4 is 11.6 Å². The van der Waals surface area contributed by atoms with Gasteiger partial charge in [0.25, 0.3) is 0 Å². The lowest BCUT2D eigenvalue weighted by Gasteiger charge is -2.06. The molecule has 1 nitrogen and oxygen atoms in total. The number of aryl methyl sites for hydroxylation is 1. The second kappa shape index (κ2) is 3.06. The summed E-state index contributed by atoms with van der Waals surface area (Å²) >= 11 is 5.83. The first-order valence-corrected chi connectivity index (χ1v) is 4.84. The van der Waals surface area contributed by atoms with E-state index in [1.807, 2.05) is 6.07 Å². The summed E-state index contributed by atoms with van der Waals surface area (Å²) in [5.74, 6) is 0.652. The van der Waals surface area contributed by atoms with Gasteiger partial charge in [-0.3, -0.25) is 0 Å². The van der Waals surface area contributed by atoms with Crippen molar-refractivity contribution in [2.24, 2.45) is 0 Å². The van der Waals surface area contributed by atoms with Crippen molar-refractivity contribution in [2.45, 2.75) is 32.1 Å². The minimum absolute atomic E-state index is 0.633. The Kier molecular flexibility index (Phi) is 2.05. The van der Waals surface area contributed by atoms with E-state index in [0.717, 1.165) is 0 Å². The highest BCUT2D eigenvalue weighted by molar-refractivity contribution is 6.29. The van der Waals surface area contributed by atoms with E-state index in [1.165, 1.54) is 30.5 Å². The van der Waals surface area contributed by atoms with Gasteiger partial charge in [0.05, 0.1) is 0 Å². The molecule has 0 spiro atoms. The Morgan fingerprint density at radius 3 is 3.17 bits per heavy atom. The summed E-state index contributed by atoms with van der Waals surface area (Å²) in [5.41, 5.74) is 2.64. The van der Waals surface area contributed by atoms with Crippen LogP contribution in [-0.4, -0.2) is 4.98 Å². The van der Waals surface area contributed by atoms with Crippen LogP contribution in [0.15, 0.2) is 12.1 Å². The average Bonchev–Trinajstić information content (AvgIpc) is 2.46. The fraction of sp³-hybridized carbons (Fsp3) is 0.500. The first-order valence-electron chi connectivity index (χ1n) is 4.46. The van der Waals surface area contributed by atoms with Crippen molar-refractivity contribution < 1.29 is 0 Å². The second-order valence-corrected chi connectivity index (χ2v) is 3.71. The Morgan fingerprint density at radius 2 is 2.42 bits per heavy atom. The number of rotatable bonds is 1. The maximum Gasteiger partial charge on any atom is 0.129 e. The van der Waals surface area contributed by atoms with Gasteiger partial charge in [0, 0.05) is 11.6 Å². The molecule has 0 amide bonds. The first kappa shape index (κ1) is 8.06. The predicted molar refractivity (Wildman–Crippen MR) is 50.6 cm³/mol. The van der Waals surface area contributed by atoms with Gasteiger partial charge in [-0.2, -0.15) is 0 Å². The zero-order chi connectivity index (χ0) is 8.55. The Labute approximate surface area is 77.8 Å². The standard InChI is InChI=1S/C10H12ClN/c1-2-7-3-4-8-5-6-9(11)12-10(7)8/h5-7H,2-4H2,1H3. The second-order valence-electron chi connectivity index (χ2n) is 3.32. The lowest BCUT2D eigenvalue weighted by atomic mass is 10.0. The summed E-state index contributed by atoms with van der Waals surface area (Å²) in [5, 5.41) is 0.633. The average molecular weight is 182 g/mol. The SMILES string of the molecule is CCC1CCc2ccc(Cl)nc21. The molecule has 12 heavy (non-hydrogen) atoms. The molecule has 1 atom stereocenters. The largest absolute Gasteiger partial charge is 0.241 e. The van der Waals surface area contributed by atoms with E-state index in [1.54, 1.807) is 0 Å². The Balaban J connectivity index is 2.42. The molecule has 0 radical (unpaired) electrons. The maximum absolute atomic E-state index is 5.83. The number of hydrogen-bond acceptors (Lipinski definition) is 1. The highest BCUT2D eigenvalue weighted by Gasteiger charge is 2.22. The van der Waals surface area contributed by atoms with Gasteiger partial charge in [-0.15, -0.1) is 0 Å². The van der Waals surface area contributed by atoms with Gasteiger partial charge < -0.3 is 0 Å². The van der Waals surface area contributed by atoms with Gasteiger partial charge in [-0.25, -0.2) is 4.98 Å². The Morgan fingerprint density at radius 1 is 1.58 bits per heavy atom. The van der Waals surface area contributed by atoms with E-state index in [2.05, 4.69) is 18.0 Å². The fourth-order valence-corrected chi connectivity index (χ4v) is 2.06. The smallest absolute Gasteiger partial charge is 0.129 e. The number of pyridine rings is 1. The van der Waals surface area contributed by atoms with Gasteiger partial charge in [0.2, 0.25) is 0 Å². The molecule has 1 aromatic rings. The van der Waals surface area contributed by atoms with Crippen LogP contribution < -0.4 is 0 Å². The van der Waals surface area contributed by atoms with Crippen molar-refractivity contribution in [3.8, 4) is 0 Å². The third kappa shape index (κ3) is 1.22. The Bertz CT molecular complexity index is 296. The van der Waals surface area contributed by atoms with E-state index < -0.39 is 0 Å². The van der Waals surface area contributed by atoms with Gasteiger partial charge >= 0.3 is 0 Å². The minimum atomic E-state index is 0.633. The van der Waals surface area contributed by atoms with Crippen molar-refractivity contribution in [3.05, 3.63) is 28.5 Å². The molecular formula is C10H12ClN. The molecule has 1 unspecified atom stereocenters. The number of aromatic nitrogens is 1. The molecule has 0 N–H and O–H groups in total. The summed E-state index contributed by atoms with van der Waals surface area (Å²) in [6.07, 6.45) is 3.61. The zero-order valence-electron chi connectivity index (χ0n) is 7.18. The van der Waals surface area contributed by atoms with Crippen LogP contribution in [0.5, 0.6) is 0 Å². The van der Waals surface area contributed by atoms with Gasteiger partial charge in [0.15, 0.2) is 0 Å². The van der Waals surface area contributed by atoms with Crippen LogP contribution >= 0.6 is 11.6 Å². The molecule has 64 valence electrons. The monoisotopic (exact) mass is 181 g/mol. The van der Waals surface area contributed by atoms with Crippen molar-refractivity contribution in [1.82, 2.24) is 4.98 Å². The molecule has 2 heteroatoms. The Hall–Kier alpha value is -0.560. The quantitative estimate of drug-likeness (QED) is 0.607. The third-order valence-electron chi connectivity index (χ3n) is 2.62. The lowest BCUT2D eigenvalue weighted by Crippen LogP contribution is -1.94. The molecule has 1 heterocycles. The van der Waals surface area contributed by atoms with Crippen LogP contribution in [0.3, 0.4) is 0 Å². The first-order chi connectivity index (χ1) is 5.81. The zero-order valence-corrected chi connectivity index (χ0v) is 7.93. The summed E-state index contributed by atoms with van der Waals surface area (Å²) in [6.45, 7) is 2.21. The lowest BCUT2D eigenvalue weighted by molar-refractivity contribution is 0.643. The topological polar surface area (TPSA) is 12.9 Å². The molecule has 2 rings (SSSR count).